The van der Waals surface area contributed by atoms with Crippen molar-refractivity contribution in [3.05, 3.63) is 28.9 Å². The number of rotatable bonds is 5. The predicted octanol–water partition coefficient (Wildman–Crippen LogP) is 2.46. The maximum Gasteiger partial charge on any atom is 0.237 e. The number of aromatic nitrogens is 2. The Morgan fingerprint density at radius 1 is 1.59 bits per heavy atom. The molecule has 0 aromatic carbocycles. The van der Waals surface area contributed by atoms with Crippen LogP contribution in [-0.2, 0) is 6.54 Å². The molecule has 0 atom stereocenters. The van der Waals surface area contributed by atoms with Crippen LogP contribution in [-0.4, -0.2) is 23.0 Å². The number of hydrogen-bond acceptors (Lipinski definition) is 4. The minimum atomic E-state index is 0.710. The summed E-state index contributed by atoms with van der Waals surface area (Å²) in [5, 5.41) is 5.39. The molecule has 17 heavy (non-hydrogen) atoms. The molecule has 5 heteroatoms. The number of nitrogens with one attached hydrogen (secondary N) is 1. The Hall–Kier alpha value is -1.33. The van der Waals surface area contributed by atoms with Gasteiger partial charge in [-0.3, -0.25) is 4.40 Å². The summed E-state index contributed by atoms with van der Waals surface area (Å²) >= 11 is 1.61. The van der Waals surface area contributed by atoms with Crippen LogP contribution < -0.4 is 10.1 Å². The van der Waals surface area contributed by atoms with Gasteiger partial charge in [-0.15, -0.1) is 11.3 Å². The number of methoxy groups -OCH3 is 1. The van der Waals surface area contributed by atoms with Crippen molar-refractivity contribution in [3.8, 4) is 5.88 Å². The minimum Gasteiger partial charge on any atom is -0.480 e. The average Bonchev–Trinajstić information content (AvgIpc) is 2.84. The first-order valence-corrected chi connectivity index (χ1v) is 6.43. The van der Waals surface area contributed by atoms with Crippen molar-refractivity contribution in [1.29, 1.82) is 0 Å². The van der Waals surface area contributed by atoms with Crippen molar-refractivity contribution in [1.82, 2.24) is 14.7 Å². The van der Waals surface area contributed by atoms with Crippen LogP contribution in [0.15, 0.2) is 23.2 Å². The lowest BCUT2D eigenvalue weighted by Crippen LogP contribution is -2.15. The van der Waals surface area contributed by atoms with Gasteiger partial charge in [0.25, 0.3) is 0 Å². The van der Waals surface area contributed by atoms with Gasteiger partial charge in [0.15, 0.2) is 4.96 Å². The second-order valence-electron chi connectivity index (χ2n) is 4.04. The highest BCUT2D eigenvalue weighted by Crippen LogP contribution is 2.22. The summed E-state index contributed by atoms with van der Waals surface area (Å²) in [7, 11) is 1.66. The van der Waals surface area contributed by atoms with Crippen molar-refractivity contribution in [2.75, 3.05) is 13.7 Å². The minimum absolute atomic E-state index is 0.710. The zero-order chi connectivity index (χ0) is 12.3. The van der Waals surface area contributed by atoms with Crippen LogP contribution in [0, 0.1) is 0 Å². The summed E-state index contributed by atoms with van der Waals surface area (Å²) in [5.74, 6) is 0.710. The fourth-order valence-electron chi connectivity index (χ4n) is 1.60. The van der Waals surface area contributed by atoms with Gasteiger partial charge in [0, 0.05) is 24.7 Å². The number of hydrogen-bond donors (Lipinski definition) is 1. The highest BCUT2D eigenvalue weighted by atomic mass is 32.1. The standard InChI is InChI=1S/C12H17N3OS/c1-9(2)4-5-13-8-10-11(16-3)14-12-15(10)6-7-17-12/h4,6-7,13H,5,8H2,1-3H3. The van der Waals surface area contributed by atoms with E-state index in [9.17, 15) is 0 Å². The number of ether oxygens (including phenoxy) is 1. The third-order valence-electron chi connectivity index (χ3n) is 2.46. The third kappa shape index (κ3) is 2.68. The van der Waals surface area contributed by atoms with Crippen LogP contribution >= 0.6 is 11.3 Å². The van der Waals surface area contributed by atoms with Crippen LogP contribution in [0.1, 0.15) is 19.5 Å². The molecule has 1 N–H and O–H groups in total. The van der Waals surface area contributed by atoms with E-state index in [0.29, 0.717) is 5.88 Å². The van der Waals surface area contributed by atoms with Gasteiger partial charge in [-0.2, -0.15) is 4.98 Å². The van der Waals surface area contributed by atoms with E-state index in [1.165, 1.54) is 5.57 Å². The molecule has 2 rings (SSSR count). The lowest BCUT2D eigenvalue weighted by Gasteiger charge is -2.03. The van der Waals surface area contributed by atoms with Gasteiger partial charge >= 0.3 is 0 Å². The molecule has 0 bridgehead atoms. The molecule has 0 radical (unpaired) electrons. The largest absolute Gasteiger partial charge is 0.480 e. The van der Waals surface area contributed by atoms with E-state index in [-0.39, 0.29) is 0 Å². The maximum absolute atomic E-state index is 5.29. The SMILES string of the molecule is COc1nc2sccn2c1CNCC=C(C)C. The number of thiazole rings is 1. The van der Waals surface area contributed by atoms with Crippen LogP contribution in [0.3, 0.4) is 0 Å². The van der Waals surface area contributed by atoms with Crippen molar-refractivity contribution in [3.63, 3.8) is 0 Å². The fraction of sp³-hybridized carbons (Fsp3) is 0.417. The Bertz CT molecular complexity index is 523. The normalized spacial score (nSPS) is 10.8. The smallest absolute Gasteiger partial charge is 0.237 e. The number of imidazole rings is 1. The Kier molecular flexibility index (Phi) is 3.81. The van der Waals surface area contributed by atoms with Crippen LogP contribution in [0.25, 0.3) is 4.96 Å². The number of nitrogens with zero attached hydrogens (tertiary/aromatic N) is 2. The van der Waals surface area contributed by atoms with Crippen molar-refractivity contribution in [2.24, 2.45) is 0 Å². The molecule has 0 aliphatic rings. The highest BCUT2D eigenvalue weighted by Gasteiger charge is 2.12. The Morgan fingerprint density at radius 3 is 3.12 bits per heavy atom. The molecule has 4 nitrogen and oxygen atoms in total. The molecule has 0 fully saturated rings. The number of fused-ring (bicyclic) bond motifs is 1. The monoisotopic (exact) mass is 251 g/mol. The van der Waals surface area contributed by atoms with E-state index < -0.39 is 0 Å². The van der Waals surface area contributed by atoms with Crippen LogP contribution in [0.2, 0.25) is 0 Å². The van der Waals surface area contributed by atoms with Gasteiger partial charge in [0.2, 0.25) is 5.88 Å². The van der Waals surface area contributed by atoms with Crippen molar-refractivity contribution in [2.45, 2.75) is 20.4 Å². The van der Waals surface area contributed by atoms with Gasteiger partial charge < -0.3 is 10.1 Å². The molecule has 92 valence electrons. The van der Waals surface area contributed by atoms with E-state index in [1.54, 1.807) is 18.4 Å². The Balaban J connectivity index is 2.10. The van der Waals surface area contributed by atoms with E-state index >= 15 is 0 Å². The van der Waals surface area contributed by atoms with E-state index in [4.69, 9.17) is 4.74 Å². The zero-order valence-electron chi connectivity index (χ0n) is 10.4. The van der Waals surface area contributed by atoms with Gasteiger partial charge in [0.05, 0.1) is 7.11 Å². The van der Waals surface area contributed by atoms with Crippen molar-refractivity contribution < 1.29 is 4.74 Å². The first-order chi connectivity index (χ1) is 8.22. The summed E-state index contributed by atoms with van der Waals surface area (Å²) in [5.41, 5.74) is 2.39. The molecule has 0 saturated heterocycles. The van der Waals surface area contributed by atoms with Gasteiger partial charge in [-0.05, 0) is 13.8 Å². The lowest BCUT2D eigenvalue weighted by molar-refractivity contribution is 0.393. The van der Waals surface area contributed by atoms with Crippen LogP contribution in [0.4, 0.5) is 0 Å². The first-order valence-electron chi connectivity index (χ1n) is 5.55. The topological polar surface area (TPSA) is 38.6 Å². The Labute approximate surface area is 105 Å². The summed E-state index contributed by atoms with van der Waals surface area (Å²) in [6.45, 7) is 5.81. The third-order valence-corrected chi connectivity index (χ3v) is 3.22. The van der Waals surface area contributed by atoms with Crippen LogP contribution in [0.5, 0.6) is 5.88 Å². The lowest BCUT2D eigenvalue weighted by atomic mass is 10.3. The summed E-state index contributed by atoms with van der Waals surface area (Å²) < 4.78 is 7.35. The van der Waals surface area contributed by atoms with E-state index in [2.05, 4.69) is 34.6 Å². The Morgan fingerprint density at radius 2 is 2.41 bits per heavy atom. The molecule has 0 aliphatic carbocycles. The molecule has 0 aliphatic heterocycles. The molecule has 2 heterocycles. The second-order valence-corrected chi connectivity index (χ2v) is 4.91. The second kappa shape index (κ2) is 5.33. The molecule has 0 amide bonds. The van der Waals surface area contributed by atoms with Gasteiger partial charge in [-0.1, -0.05) is 11.6 Å². The molecule has 2 aromatic rings. The van der Waals surface area contributed by atoms with E-state index in [1.807, 2.05) is 11.6 Å². The molecule has 2 aromatic heterocycles. The summed E-state index contributed by atoms with van der Waals surface area (Å²) in [6, 6.07) is 0. The van der Waals surface area contributed by atoms with E-state index in [0.717, 1.165) is 23.7 Å². The van der Waals surface area contributed by atoms with Gasteiger partial charge in [-0.25, -0.2) is 0 Å². The molecular weight excluding hydrogens is 234 g/mol. The first kappa shape index (κ1) is 12.1. The quantitative estimate of drug-likeness (QED) is 0.655. The molecule has 0 saturated carbocycles. The summed E-state index contributed by atoms with van der Waals surface area (Å²) in [4.78, 5) is 5.38. The fourth-order valence-corrected chi connectivity index (χ4v) is 2.33. The average molecular weight is 251 g/mol. The van der Waals surface area contributed by atoms with Gasteiger partial charge in [0.1, 0.15) is 5.69 Å². The predicted molar refractivity (Wildman–Crippen MR) is 70.8 cm³/mol. The summed E-state index contributed by atoms with van der Waals surface area (Å²) in [6.07, 6.45) is 4.19. The zero-order valence-corrected chi connectivity index (χ0v) is 11.2. The molecule has 0 unspecified atom stereocenters. The molecule has 0 spiro atoms. The highest BCUT2D eigenvalue weighted by molar-refractivity contribution is 7.15. The molecular formula is C12H17N3OS. The maximum atomic E-state index is 5.29. The van der Waals surface area contributed by atoms with Crippen molar-refractivity contribution >= 4 is 16.3 Å². The number of allylic oxidation sites excluding steroid dienone is 1.